The number of hydrogen-bond acceptors (Lipinski definition) is 15. The Morgan fingerprint density at radius 2 is 0.755 bits per heavy atom. The number of carbonyl (C=O) groups is 5. The van der Waals surface area contributed by atoms with E-state index in [1.54, 1.807) is 30.3 Å². The normalized spacial score (nSPS) is 17.5. The number of non-ortho nitro benzene ring substituents is 2. The smallest absolute Gasteiger partial charge is 0.430 e. The standard InChI is InChI=1S/C17H9ClF3NO6.C15H14ClF3O3.C15H9F3O3.C12H8ClF3O3.C11H6F3NO5/c18-12-6-8-5-11(16(23)24)15(17(19,20)21)28-13(8)7-14(12)27-10-3-1-9(2-4-10)22(25)26;1-14(2,3)9-6-11-7(5-10(9)16)4-8(13(20)21)12(22-11)15(17,18)19;16-15(17,18)13-11(14(19)20)6-10-5-8-3-1-2-4-9(8)7-12(10)21-13;1-5-2-7(13)3-6-4-8(11(17)18)10(12(14,15)16)19-9(5)6;12-11(13,14)9-7(10(16)17)4-5-3-6(15(18)19)1-2-8(5)20-9/h1-7,15H,(H,23,24);4-6,12H,1-3H3,(H,20,21);1-7,13H,(H,19,20);2-4,10H,1H3,(H,17,18);1-4,9H,(H,16,17)/t;12-;;;/m.0.../s1. The van der Waals surface area contributed by atoms with Gasteiger partial charge in [-0.15, -0.1) is 0 Å². The zero-order valence-electron chi connectivity index (χ0n) is 55.3. The van der Waals surface area contributed by atoms with Crippen LogP contribution in [0.5, 0.6) is 40.2 Å². The summed E-state index contributed by atoms with van der Waals surface area (Å²) in [5.41, 5.74) is -3.71. The number of ether oxygens (including phenoxy) is 6. The minimum atomic E-state index is -4.94. The molecular formula is C70H46Cl3F15N2O20. The lowest BCUT2D eigenvalue weighted by molar-refractivity contribution is -0.385. The number of rotatable bonds is 9. The fourth-order valence-electron chi connectivity index (χ4n) is 10.6. The number of carboxylic acids is 5. The average molecular weight is 1630 g/mol. The Morgan fingerprint density at radius 1 is 0.409 bits per heavy atom. The van der Waals surface area contributed by atoms with Crippen LogP contribution in [0.4, 0.5) is 77.2 Å². The average Bonchev–Trinajstić information content (AvgIpc) is 0.790. The Balaban J connectivity index is 0.000000174. The van der Waals surface area contributed by atoms with E-state index < -0.39 is 129 Å². The largest absolute Gasteiger partial charge is 0.478 e. The van der Waals surface area contributed by atoms with Gasteiger partial charge in [-0.05, 0) is 125 Å². The third-order valence-corrected chi connectivity index (χ3v) is 16.3. The minimum absolute atomic E-state index is 0.00303. The van der Waals surface area contributed by atoms with E-state index in [1.807, 2.05) is 20.8 Å². The number of benzene rings is 7. The van der Waals surface area contributed by atoms with Crippen LogP contribution in [0.2, 0.25) is 15.1 Å². The van der Waals surface area contributed by atoms with Crippen molar-refractivity contribution >= 4 is 117 Å². The molecule has 5 N–H and O–H groups in total. The third kappa shape index (κ3) is 19.8. The Labute approximate surface area is 620 Å². The van der Waals surface area contributed by atoms with E-state index in [0.29, 0.717) is 26.7 Å². The van der Waals surface area contributed by atoms with Gasteiger partial charge in [0.1, 0.15) is 40.2 Å². The molecule has 4 unspecified atom stereocenters. The molecule has 0 bridgehead atoms. The van der Waals surface area contributed by atoms with Gasteiger partial charge < -0.3 is 54.0 Å². The number of halogens is 18. The highest BCUT2D eigenvalue weighted by Crippen LogP contribution is 2.47. The predicted octanol–water partition coefficient (Wildman–Crippen LogP) is 18.7. The molecule has 0 radical (unpaired) electrons. The molecule has 22 nitrogen and oxygen atoms in total. The van der Waals surface area contributed by atoms with Gasteiger partial charge in [-0.2, -0.15) is 65.9 Å². The molecule has 0 fully saturated rings. The number of nitro benzene ring substituents is 2. The second-order valence-electron chi connectivity index (χ2n) is 24.4. The van der Waals surface area contributed by atoms with Gasteiger partial charge in [0, 0.05) is 68.2 Å². The predicted molar refractivity (Wildman–Crippen MR) is 358 cm³/mol. The highest BCUT2D eigenvalue weighted by Gasteiger charge is 2.53. The van der Waals surface area contributed by atoms with E-state index in [-0.39, 0.29) is 84.3 Å². The van der Waals surface area contributed by atoms with Gasteiger partial charge >= 0.3 is 60.7 Å². The molecule has 0 saturated heterocycles. The van der Waals surface area contributed by atoms with Crippen molar-refractivity contribution in [1.29, 1.82) is 0 Å². The van der Waals surface area contributed by atoms with E-state index >= 15 is 0 Å². The third-order valence-electron chi connectivity index (χ3n) is 15.5. The summed E-state index contributed by atoms with van der Waals surface area (Å²) in [6.07, 6.45) is -32.4. The van der Waals surface area contributed by atoms with Crippen molar-refractivity contribution in [2.75, 3.05) is 0 Å². The molecule has 0 amide bonds. The first-order valence-corrected chi connectivity index (χ1v) is 31.5. The molecule has 0 saturated carbocycles. The Hall–Kier alpha value is -11.7. The number of nitrogens with zero attached hydrogens (tertiary/aromatic N) is 2. The zero-order chi connectivity index (χ0) is 82.2. The van der Waals surface area contributed by atoms with E-state index in [4.69, 9.17) is 84.0 Å². The number of carboxylic acid groups (broad SMARTS) is 5. The van der Waals surface area contributed by atoms with Gasteiger partial charge in [-0.3, -0.25) is 20.2 Å². The summed E-state index contributed by atoms with van der Waals surface area (Å²) < 4.78 is 223. The molecule has 582 valence electrons. The van der Waals surface area contributed by atoms with Crippen molar-refractivity contribution in [2.24, 2.45) is 0 Å². The second-order valence-corrected chi connectivity index (χ2v) is 25.6. The molecule has 40 heteroatoms. The van der Waals surface area contributed by atoms with Gasteiger partial charge in [-0.1, -0.05) is 79.8 Å². The molecule has 5 aliphatic heterocycles. The van der Waals surface area contributed by atoms with Gasteiger partial charge in [0.15, 0.2) is 0 Å². The van der Waals surface area contributed by atoms with Crippen molar-refractivity contribution in [1.82, 2.24) is 0 Å². The summed E-state index contributed by atoms with van der Waals surface area (Å²) in [7, 11) is 0. The van der Waals surface area contributed by atoms with Gasteiger partial charge in [0.2, 0.25) is 30.5 Å². The van der Waals surface area contributed by atoms with Crippen molar-refractivity contribution in [3.63, 3.8) is 0 Å². The van der Waals surface area contributed by atoms with Gasteiger partial charge in [-0.25, -0.2) is 24.0 Å². The maximum Gasteiger partial charge on any atom is 0.430 e. The molecule has 12 rings (SSSR count). The number of aryl methyl sites for hydroxylation is 1. The fraction of sp³-hybridized carbons (Fsp3) is 0.214. The lowest BCUT2D eigenvalue weighted by Crippen LogP contribution is -2.40. The van der Waals surface area contributed by atoms with Crippen molar-refractivity contribution in [2.45, 2.75) is 94.5 Å². The molecule has 0 aromatic heterocycles. The molecule has 7 aromatic carbocycles. The highest BCUT2D eigenvalue weighted by molar-refractivity contribution is 6.32. The first-order valence-electron chi connectivity index (χ1n) is 30.4. The highest BCUT2D eigenvalue weighted by atomic mass is 35.5. The van der Waals surface area contributed by atoms with E-state index in [1.165, 1.54) is 67.6 Å². The maximum absolute atomic E-state index is 13.1. The molecule has 5 aliphatic rings. The summed E-state index contributed by atoms with van der Waals surface area (Å²) in [4.78, 5) is 74.9. The Kier molecular flexibility index (Phi) is 24.3. The topological polar surface area (TPSA) is 328 Å². The summed E-state index contributed by atoms with van der Waals surface area (Å²) in [5, 5.41) is 68.0. The lowest BCUT2D eigenvalue weighted by atomic mass is 9.85. The van der Waals surface area contributed by atoms with Crippen LogP contribution in [-0.4, -0.2) is 127 Å². The number of alkyl halides is 15. The molecule has 5 atom stereocenters. The van der Waals surface area contributed by atoms with E-state index in [2.05, 4.69) is 4.74 Å². The van der Waals surface area contributed by atoms with Crippen LogP contribution in [0.25, 0.3) is 41.2 Å². The summed E-state index contributed by atoms with van der Waals surface area (Å²) >= 11 is 18.0. The van der Waals surface area contributed by atoms with Gasteiger partial charge in [0.05, 0.1) is 42.7 Å². The van der Waals surface area contributed by atoms with Gasteiger partial charge in [0.25, 0.3) is 11.4 Å². The van der Waals surface area contributed by atoms with E-state index in [9.17, 15) is 110 Å². The lowest BCUT2D eigenvalue weighted by Gasteiger charge is -2.29. The zero-order valence-corrected chi connectivity index (χ0v) is 57.6. The van der Waals surface area contributed by atoms with E-state index in [0.717, 1.165) is 65.4 Å². The van der Waals surface area contributed by atoms with Crippen molar-refractivity contribution in [3.05, 3.63) is 217 Å². The Bertz CT molecular complexity index is 5040. The van der Waals surface area contributed by atoms with Crippen LogP contribution in [0.3, 0.4) is 0 Å². The number of aliphatic carboxylic acids is 5. The minimum Gasteiger partial charge on any atom is -0.478 e. The molecule has 110 heavy (non-hydrogen) atoms. The summed E-state index contributed by atoms with van der Waals surface area (Å²) in [5.74, 6) is -9.01. The van der Waals surface area contributed by atoms with Crippen LogP contribution >= 0.6 is 34.8 Å². The van der Waals surface area contributed by atoms with Crippen LogP contribution in [0.15, 0.2) is 143 Å². The Morgan fingerprint density at radius 3 is 1.15 bits per heavy atom. The quantitative estimate of drug-likeness (QED) is 0.0509. The maximum atomic E-state index is 13.1. The molecule has 0 spiro atoms. The molecule has 5 heterocycles. The fourth-order valence-corrected chi connectivity index (χ4v) is 11.5. The number of fused-ring (bicyclic) bond motifs is 6. The summed E-state index contributed by atoms with van der Waals surface area (Å²) in [6.45, 7) is 7.13. The molecular weight excluding hydrogens is 1580 g/mol. The van der Waals surface area contributed by atoms with Crippen LogP contribution in [0, 0.1) is 27.2 Å². The monoisotopic (exact) mass is 1620 g/mol. The number of nitro groups is 2. The van der Waals surface area contributed by atoms with Crippen LogP contribution in [0.1, 0.15) is 59.7 Å². The van der Waals surface area contributed by atoms with Crippen LogP contribution in [-0.2, 0) is 29.4 Å². The molecule has 0 aliphatic carbocycles. The first-order chi connectivity index (χ1) is 50.7. The molecule has 7 aromatic rings. The van der Waals surface area contributed by atoms with Crippen LogP contribution < -0.4 is 28.4 Å². The van der Waals surface area contributed by atoms with Crippen molar-refractivity contribution in [3.8, 4) is 40.2 Å². The van der Waals surface area contributed by atoms with Crippen molar-refractivity contribution < 1.29 is 154 Å². The SMILES string of the molecule is CC(C)(C)c1cc2c(cc1Cl)C=C(C(=O)O)[C@@H](C(F)(F)F)O2.Cc1cc(Cl)cc2c1OC(C(F)(F)F)C(C(=O)O)=C2.O=C(O)C1=Cc2cc(Cl)c(Oc3ccc([N+](=O)[O-])cc3)cc2OC1C(F)(F)F.O=C(O)C1=Cc2cc([N+](=O)[O-])ccc2OC1C(F)(F)F.O=C(O)C1=Cc2cc3ccccc3cc2OC1C(F)(F)F. The number of hydrogen-bond donors (Lipinski definition) is 5. The second kappa shape index (κ2) is 31.8. The first kappa shape index (κ1) is 83.9. The summed E-state index contributed by atoms with van der Waals surface area (Å²) in [6, 6.07) is 26.0.